The zero-order chi connectivity index (χ0) is 14.1. The van der Waals surface area contributed by atoms with Gasteiger partial charge < -0.3 is 10.6 Å². The molecule has 1 amide bonds. The first-order valence-corrected chi connectivity index (χ1v) is 7.30. The molecule has 0 atom stereocenters. The van der Waals surface area contributed by atoms with Crippen LogP contribution in [0.15, 0.2) is 34.9 Å². The van der Waals surface area contributed by atoms with Gasteiger partial charge in [0.25, 0.3) is 5.91 Å². The number of hydrogen-bond donors (Lipinski definition) is 2. The first-order valence-electron chi connectivity index (χ1n) is 6.13. The number of nitrogens with one attached hydrogen (secondary N) is 2. The van der Waals surface area contributed by atoms with Gasteiger partial charge in [0, 0.05) is 28.5 Å². The van der Waals surface area contributed by atoms with Gasteiger partial charge in [-0.05, 0) is 46.1 Å². The molecule has 0 radical (unpaired) electrons. The Bertz CT molecular complexity index is 690. The number of hydrogen-bond acceptors (Lipinski definition) is 3. The van der Waals surface area contributed by atoms with Gasteiger partial charge in [0.2, 0.25) is 0 Å². The third-order valence-corrected chi connectivity index (χ3v) is 3.87. The van der Waals surface area contributed by atoms with Gasteiger partial charge in [0.15, 0.2) is 5.15 Å². The number of fused-ring (bicyclic) bond motifs is 1. The maximum absolute atomic E-state index is 12.2. The summed E-state index contributed by atoms with van der Waals surface area (Å²) >= 11 is 9.26. The van der Waals surface area contributed by atoms with Crippen molar-refractivity contribution in [1.29, 1.82) is 0 Å². The second kappa shape index (κ2) is 5.42. The highest BCUT2D eigenvalue weighted by atomic mass is 79.9. The van der Waals surface area contributed by atoms with Crippen molar-refractivity contribution < 1.29 is 4.79 Å². The van der Waals surface area contributed by atoms with Gasteiger partial charge in [0.1, 0.15) is 0 Å². The molecule has 102 valence electrons. The van der Waals surface area contributed by atoms with Crippen LogP contribution in [0.5, 0.6) is 0 Å². The molecule has 0 unspecified atom stereocenters. The van der Waals surface area contributed by atoms with Crippen molar-refractivity contribution >= 4 is 44.8 Å². The van der Waals surface area contributed by atoms with Crippen LogP contribution in [0.3, 0.4) is 0 Å². The van der Waals surface area contributed by atoms with Crippen LogP contribution in [0, 0.1) is 0 Å². The average molecular weight is 353 g/mol. The number of aromatic nitrogens is 1. The van der Waals surface area contributed by atoms with Crippen molar-refractivity contribution in [2.24, 2.45) is 0 Å². The van der Waals surface area contributed by atoms with Crippen LogP contribution in [-0.2, 0) is 6.42 Å². The molecule has 2 heterocycles. The largest absolute Gasteiger partial charge is 0.384 e. The molecule has 3 rings (SSSR count). The Morgan fingerprint density at radius 1 is 1.40 bits per heavy atom. The topological polar surface area (TPSA) is 54.0 Å². The number of nitrogens with zero attached hydrogens (tertiary/aromatic N) is 1. The first-order chi connectivity index (χ1) is 9.63. The molecule has 20 heavy (non-hydrogen) atoms. The number of halogens is 2. The lowest BCUT2D eigenvalue weighted by molar-refractivity contribution is 0.102. The van der Waals surface area contributed by atoms with E-state index in [1.165, 1.54) is 5.56 Å². The number of anilines is 2. The van der Waals surface area contributed by atoms with Crippen molar-refractivity contribution in [2.45, 2.75) is 6.42 Å². The van der Waals surface area contributed by atoms with Gasteiger partial charge in [-0.25, -0.2) is 4.98 Å². The molecular weight excluding hydrogens is 342 g/mol. The molecule has 6 heteroatoms. The van der Waals surface area contributed by atoms with Crippen molar-refractivity contribution in [3.63, 3.8) is 0 Å². The smallest absolute Gasteiger partial charge is 0.255 e. The van der Waals surface area contributed by atoms with Crippen molar-refractivity contribution in [3.8, 4) is 0 Å². The fourth-order valence-electron chi connectivity index (χ4n) is 2.14. The first kappa shape index (κ1) is 13.4. The van der Waals surface area contributed by atoms with Crippen LogP contribution >= 0.6 is 27.5 Å². The highest BCUT2D eigenvalue weighted by Gasteiger charge is 2.14. The number of amides is 1. The van der Waals surface area contributed by atoms with Crippen molar-refractivity contribution in [2.75, 3.05) is 17.2 Å². The molecule has 0 saturated heterocycles. The van der Waals surface area contributed by atoms with E-state index in [9.17, 15) is 4.79 Å². The van der Waals surface area contributed by atoms with Gasteiger partial charge in [-0.15, -0.1) is 0 Å². The standard InChI is InChI=1S/C14H11BrClN3O/c15-10-6-12(13(16)18-7-10)19-14(20)9-2-1-8-3-4-17-11(8)5-9/h1-2,5-7,17H,3-4H2,(H,19,20). The fraction of sp³-hybridized carbons (Fsp3) is 0.143. The molecule has 0 aliphatic carbocycles. The third-order valence-electron chi connectivity index (χ3n) is 3.14. The molecule has 0 saturated carbocycles. The Morgan fingerprint density at radius 3 is 3.10 bits per heavy atom. The van der Waals surface area contributed by atoms with E-state index in [-0.39, 0.29) is 11.1 Å². The molecule has 0 spiro atoms. The van der Waals surface area contributed by atoms with E-state index in [0.29, 0.717) is 11.3 Å². The molecule has 4 nitrogen and oxygen atoms in total. The van der Waals surface area contributed by atoms with Gasteiger partial charge in [-0.1, -0.05) is 17.7 Å². The zero-order valence-electron chi connectivity index (χ0n) is 10.4. The second-order valence-electron chi connectivity index (χ2n) is 4.49. The monoisotopic (exact) mass is 351 g/mol. The fourth-order valence-corrected chi connectivity index (χ4v) is 2.62. The minimum atomic E-state index is -0.205. The number of benzene rings is 1. The minimum absolute atomic E-state index is 0.205. The lowest BCUT2D eigenvalue weighted by Crippen LogP contribution is -2.12. The van der Waals surface area contributed by atoms with Crippen LogP contribution in [0.2, 0.25) is 5.15 Å². The molecule has 0 bridgehead atoms. The molecule has 2 aromatic rings. The maximum Gasteiger partial charge on any atom is 0.255 e. The van der Waals surface area contributed by atoms with Gasteiger partial charge in [0.05, 0.1) is 5.69 Å². The highest BCUT2D eigenvalue weighted by Crippen LogP contribution is 2.26. The summed E-state index contributed by atoms with van der Waals surface area (Å²) in [5, 5.41) is 6.29. The molecule has 1 aliphatic rings. The van der Waals surface area contributed by atoms with E-state index in [2.05, 4.69) is 31.5 Å². The van der Waals surface area contributed by atoms with Crippen molar-refractivity contribution in [1.82, 2.24) is 4.98 Å². The van der Waals surface area contributed by atoms with Crippen LogP contribution in [-0.4, -0.2) is 17.4 Å². The summed E-state index contributed by atoms with van der Waals surface area (Å²) in [5.41, 5.74) is 3.34. The molecule has 1 aromatic carbocycles. The van der Waals surface area contributed by atoms with E-state index < -0.39 is 0 Å². The summed E-state index contributed by atoms with van der Waals surface area (Å²) < 4.78 is 0.757. The summed E-state index contributed by atoms with van der Waals surface area (Å²) in [6, 6.07) is 7.38. The van der Waals surface area contributed by atoms with Crippen LogP contribution in [0.1, 0.15) is 15.9 Å². The number of carbonyl (C=O) groups excluding carboxylic acids is 1. The van der Waals surface area contributed by atoms with Gasteiger partial charge in [-0.2, -0.15) is 0 Å². The van der Waals surface area contributed by atoms with E-state index in [1.807, 2.05) is 18.2 Å². The Labute approximate surface area is 129 Å². The molecule has 1 aromatic heterocycles. The quantitative estimate of drug-likeness (QED) is 0.810. The zero-order valence-corrected chi connectivity index (χ0v) is 12.8. The molecule has 2 N–H and O–H groups in total. The summed E-state index contributed by atoms with van der Waals surface area (Å²) in [4.78, 5) is 16.2. The van der Waals surface area contributed by atoms with Gasteiger partial charge in [-0.3, -0.25) is 4.79 Å². The average Bonchev–Trinajstić information content (AvgIpc) is 2.90. The number of pyridine rings is 1. The van der Waals surface area contributed by atoms with Crippen LogP contribution < -0.4 is 10.6 Å². The third kappa shape index (κ3) is 2.64. The van der Waals surface area contributed by atoms with Crippen LogP contribution in [0.25, 0.3) is 0 Å². The predicted molar refractivity (Wildman–Crippen MR) is 83.5 cm³/mol. The lowest BCUT2D eigenvalue weighted by atomic mass is 10.1. The number of carbonyl (C=O) groups is 1. The maximum atomic E-state index is 12.2. The Kier molecular flexibility index (Phi) is 3.63. The molecule has 0 fully saturated rings. The normalized spacial score (nSPS) is 12.7. The Hall–Kier alpha value is -1.59. The second-order valence-corrected chi connectivity index (χ2v) is 5.77. The van der Waals surface area contributed by atoms with Crippen LogP contribution in [0.4, 0.5) is 11.4 Å². The van der Waals surface area contributed by atoms with E-state index in [0.717, 1.165) is 23.1 Å². The highest BCUT2D eigenvalue weighted by molar-refractivity contribution is 9.10. The summed E-state index contributed by atoms with van der Waals surface area (Å²) in [6.45, 7) is 0.918. The van der Waals surface area contributed by atoms with E-state index >= 15 is 0 Å². The molecule has 1 aliphatic heterocycles. The van der Waals surface area contributed by atoms with Crippen molar-refractivity contribution in [3.05, 3.63) is 51.2 Å². The SMILES string of the molecule is O=C(Nc1cc(Br)cnc1Cl)c1ccc2c(c1)NCC2. The number of rotatable bonds is 2. The summed E-state index contributed by atoms with van der Waals surface area (Å²) in [5.74, 6) is -0.205. The van der Waals surface area contributed by atoms with E-state index in [4.69, 9.17) is 11.6 Å². The molecular formula is C14H11BrClN3O. The summed E-state index contributed by atoms with van der Waals surface area (Å²) in [6.07, 6.45) is 2.58. The van der Waals surface area contributed by atoms with E-state index in [1.54, 1.807) is 12.3 Å². The minimum Gasteiger partial charge on any atom is -0.384 e. The predicted octanol–water partition coefficient (Wildman–Crippen LogP) is 3.72. The summed E-state index contributed by atoms with van der Waals surface area (Å²) in [7, 11) is 0. The lowest BCUT2D eigenvalue weighted by Gasteiger charge is -2.08. The Balaban J connectivity index is 1.84. The Morgan fingerprint density at radius 2 is 2.25 bits per heavy atom. The van der Waals surface area contributed by atoms with Gasteiger partial charge >= 0.3 is 0 Å².